The predicted octanol–water partition coefficient (Wildman–Crippen LogP) is 0.106. The van der Waals surface area contributed by atoms with Gasteiger partial charge in [-0.05, 0) is 12.8 Å². The molecule has 1 saturated carbocycles. The van der Waals surface area contributed by atoms with Gasteiger partial charge >= 0.3 is 5.97 Å². The second kappa shape index (κ2) is 3.41. The first kappa shape index (κ1) is 9.48. The molecule has 0 aliphatic heterocycles. The first-order chi connectivity index (χ1) is 5.54. The second-order valence-corrected chi connectivity index (χ2v) is 3.40. The Kier molecular flexibility index (Phi) is 2.69. The van der Waals surface area contributed by atoms with E-state index in [-0.39, 0.29) is 12.0 Å². The van der Waals surface area contributed by atoms with Gasteiger partial charge in [-0.1, -0.05) is 6.42 Å². The van der Waals surface area contributed by atoms with Gasteiger partial charge in [0.1, 0.15) is 0 Å². The zero-order chi connectivity index (χ0) is 9.19. The van der Waals surface area contributed by atoms with Crippen molar-refractivity contribution in [3.05, 3.63) is 0 Å². The van der Waals surface area contributed by atoms with E-state index in [1.807, 2.05) is 0 Å². The maximum absolute atomic E-state index is 10.7. The predicted molar refractivity (Wildman–Crippen MR) is 45.1 cm³/mol. The van der Waals surface area contributed by atoms with E-state index in [1.54, 1.807) is 0 Å². The minimum atomic E-state index is -0.913. The molecule has 1 aliphatic carbocycles. The highest BCUT2D eigenvalue weighted by molar-refractivity contribution is 5.66. The highest BCUT2D eigenvalue weighted by Gasteiger charge is 2.37. The van der Waals surface area contributed by atoms with Gasteiger partial charge in [-0.2, -0.15) is 0 Å². The molecule has 0 saturated heterocycles. The Balaban J connectivity index is 2.59. The maximum atomic E-state index is 10.7. The van der Waals surface area contributed by atoms with Gasteiger partial charge in [-0.25, -0.2) is 0 Å². The number of hydrogen-bond acceptors (Lipinski definition) is 4. The van der Waals surface area contributed by atoms with Crippen LogP contribution < -0.4 is 11.5 Å². The van der Waals surface area contributed by atoms with Gasteiger partial charge in [0.15, 0.2) is 5.72 Å². The summed E-state index contributed by atoms with van der Waals surface area (Å²) in [6.45, 7) is 1.36. The van der Waals surface area contributed by atoms with E-state index in [0.717, 1.165) is 19.3 Å². The lowest BCUT2D eigenvalue weighted by atomic mass is 9.88. The van der Waals surface area contributed by atoms with Crippen molar-refractivity contribution in [2.45, 2.75) is 44.4 Å². The van der Waals surface area contributed by atoms with Gasteiger partial charge < -0.3 is 10.5 Å². The molecule has 0 aromatic heterocycles. The van der Waals surface area contributed by atoms with Crippen LogP contribution in [0.4, 0.5) is 0 Å². The summed E-state index contributed by atoms with van der Waals surface area (Å²) in [5.74, 6) is -0.352. The highest BCUT2D eigenvalue weighted by Crippen LogP contribution is 2.26. The number of nitrogens with two attached hydrogens (primary N) is 2. The number of carbonyl (C=O) groups is 1. The molecule has 0 aromatic rings. The number of esters is 1. The molecule has 4 N–H and O–H groups in total. The fourth-order valence-electron chi connectivity index (χ4n) is 1.59. The van der Waals surface area contributed by atoms with Crippen molar-refractivity contribution in [3.63, 3.8) is 0 Å². The van der Waals surface area contributed by atoms with Crippen molar-refractivity contribution in [2.75, 3.05) is 0 Å². The normalized spacial score (nSPS) is 36.1. The van der Waals surface area contributed by atoms with Crippen LogP contribution in [-0.2, 0) is 9.53 Å². The van der Waals surface area contributed by atoms with Crippen molar-refractivity contribution in [1.82, 2.24) is 0 Å². The molecular weight excluding hydrogens is 156 g/mol. The summed E-state index contributed by atoms with van der Waals surface area (Å²) in [5.41, 5.74) is 10.7. The van der Waals surface area contributed by atoms with Crippen LogP contribution >= 0.6 is 0 Å². The lowest BCUT2D eigenvalue weighted by molar-refractivity contribution is -0.162. The Morgan fingerprint density at radius 1 is 1.58 bits per heavy atom. The van der Waals surface area contributed by atoms with Crippen molar-refractivity contribution < 1.29 is 9.53 Å². The van der Waals surface area contributed by atoms with E-state index >= 15 is 0 Å². The van der Waals surface area contributed by atoms with Crippen LogP contribution in [0, 0.1) is 0 Å². The molecular formula is C8H16N2O2. The summed E-state index contributed by atoms with van der Waals surface area (Å²) in [6, 6.07) is -0.213. The highest BCUT2D eigenvalue weighted by atomic mass is 16.6. The lowest BCUT2D eigenvalue weighted by Crippen LogP contribution is -2.59. The van der Waals surface area contributed by atoms with Gasteiger partial charge in [-0.15, -0.1) is 0 Å². The minimum Gasteiger partial charge on any atom is -0.443 e. The summed E-state index contributed by atoms with van der Waals surface area (Å²) in [6.07, 6.45) is 3.57. The summed E-state index contributed by atoms with van der Waals surface area (Å²) < 4.78 is 5.00. The molecule has 12 heavy (non-hydrogen) atoms. The Morgan fingerprint density at radius 3 is 2.75 bits per heavy atom. The van der Waals surface area contributed by atoms with Crippen LogP contribution in [0.1, 0.15) is 32.6 Å². The third kappa shape index (κ3) is 1.95. The van der Waals surface area contributed by atoms with Gasteiger partial charge in [0, 0.05) is 13.3 Å². The van der Waals surface area contributed by atoms with Gasteiger partial charge in [-0.3, -0.25) is 10.5 Å². The van der Waals surface area contributed by atoms with Crippen molar-refractivity contribution in [1.29, 1.82) is 0 Å². The standard InChI is InChI=1S/C8H16N2O2/c1-6(11)12-8(10)5-3-2-4-7(8)9/h7H,2-5,9-10H2,1H3. The van der Waals surface area contributed by atoms with Crippen LogP contribution in [0.5, 0.6) is 0 Å². The third-order valence-electron chi connectivity index (χ3n) is 2.29. The average molecular weight is 172 g/mol. The average Bonchev–Trinajstić information content (AvgIpc) is 1.94. The maximum Gasteiger partial charge on any atom is 0.304 e. The van der Waals surface area contributed by atoms with Crippen LogP contribution in [0.2, 0.25) is 0 Å². The van der Waals surface area contributed by atoms with Crippen LogP contribution in [0.15, 0.2) is 0 Å². The molecule has 2 unspecified atom stereocenters. The van der Waals surface area contributed by atoms with E-state index in [9.17, 15) is 4.79 Å². The van der Waals surface area contributed by atoms with E-state index in [0.29, 0.717) is 6.42 Å². The molecule has 0 amide bonds. The van der Waals surface area contributed by atoms with E-state index in [4.69, 9.17) is 16.2 Å². The van der Waals surface area contributed by atoms with Crippen molar-refractivity contribution in [3.8, 4) is 0 Å². The number of hydrogen-bond donors (Lipinski definition) is 2. The zero-order valence-corrected chi connectivity index (χ0v) is 7.38. The molecule has 4 heteroatoms. The summed E-state index contributed by atoms with van der Waals surface area (Å²) in [7, 11) is 0. The fraction of sp³-hybridized carbons (Fsp3) is 0.875. The molecule has 0 bridgehead atoms. The fourth-order valence-corrected chi connectivity index (χ4v) is 1.59. The summed E-state index contributed by atoms with van der Waals surface area (Å²) in [5, 5.41) is 0. The minimum absolute atomic E-state index is 0.213. The molecule has 0 aromatic carbocycles. The summed E-state index contributed by atoms with van der Waals surface area (Å²) >= 11 is 0. The SMILES string of the molecule is CC(=O)OC1(N)CCCCC1N. The Bertz CT molecular complexity index is 184. The zero-order valence-electron chi connectivity index (χ0n) is 7.38. The van der Waals surface area contributed by atoms with Gasteiger partial charge in [0.25, 0.3) is 0 Å². The molecule has 1 fully saturated rings. The van der Waals surface area contributed by atoms with Crippen molar-refractivity contribution in [2.24, 2.45) is 11.5 Å². The van der Waals surface area contributed by atoms with Gasteiger partial charge in [0.05, 0.1) is 6.04 Å². The van der Waals surface area contributed by atoms with E-state index in [2.05, 4.69) is 0 Å². The molecule has 0 spiro atoms. The molecule has 1 rings (SSSR count). The smallest absolute Gasteiger partial charge is 0.304 e. The number of carbonyl (C=O) groups excluding carboxylic acids is 1. The molecule has 4 nitrogen and oxygen atoms in total. The van der Waals surface area contributed by atoms with Crippen LogP contribution in [-0.4, -0.2) is 17.7 Å². The second-order valence-electron chi connectivity index (χ2n) is 3.40. The number of ether oxygens (including phenoxy) is 1. The van der Waals surface area contributed by atoms with Crippen LogP contribution in [0.3, 0.4) is 0 Å². The molecule has 2 atom stereocenters. The molecule has 0 radical (unpaired) electrons. The Hall–Kier alpha value is -0.610. The topological polar surface area (TPSA) is 78.3 Å². The lowest BCUT2D eigenvalue weighted by Gasteiger charge is -2.37. The largest absolute Gasteiger partial charge is 0.443 e. The third-order valence-corrected chi connectivity index (χ3v) is 2.29. The Labute approximate surface area is 72.2 Å². The monoisotopic (exact) mass is 172 g/mol. The quantitative estimate of drug-likeness (QED) is 0.434. The van der Waals surface area contributed by atoms with Gasteiger partial charge in [0.2, 0.25) is 0 Å². The van der Waals surface area contributed by atoms with Crippen molar-refractivity contribution >= 4 is 5.97 Å². The van der Waals surface area contributed by atoms with E-state index in [1.165, 1.54) is 6.92 Å². The molecule has 0 heterocycles. The Morgan fingerprint density at radius 2 is 2.25 bits per heavy atom. The molecule has 70 valence electrons. The number of rotatable bonds is 1. The first-order valence-corrected chi connectivity index (χ1v) is 4.28. The first-order valence-electron chi connectivity index (χ1n) is 4.28. The van der Waals surface area contributed by atoms with Crippen LogP contribution in [0.25, 0.3) is 0 Å². The summed E-state index contributed by atoms with van der Waals surface area (Å²) in [4.78, 5) is 10.7. The molecule has 1 aliphatic rings. The van der Waals surface area contributed by atoms with E-state index < -0.39 is 5.72 Å².